The molecule has 76 heavy (non-hydrogen) atoms. The Kier molecular flexibility index (Phi) is 22.9. The van der Waals surface area contributed by atoms with Gasteiger partial charge in [-0.1, -0.05) is 78.7 Å². The Balaban J connectivity index is 0.000000281. The number of rotatable bonds is 28. The quantitative estimate of drug-likeness (QED) is 0.0204. The zero-order valence-electron chi connectivity index (χ0n) is 45.9. The lowest BCUT2D eigenvalue weighted by Gasteiger charge is -2.20. The maximum Gasteiger partial charge on any atom is 0.268 e. The number of halogens is 2. The number of hydrogen-bond donors (Lipinski definition) is 4. The maximum atomic E-state index is 14.8. The third-order valence-electron chi connectivity index (χ3n) is 11.6. The van der Waals surface area contributed by atoms with Crippen molar-refractivity contribution < 1.29 is 46.4 Å². The Bertz CT molecular complexity index is 2930. The molecule has 0 aliphatic heterocycles. The van der Waals surface area contributed by atoms with Crippen molar-refractivity contribution >= 4 is 61.0 Å². The van der Waals surface area contributed by atoms with Crippen molar-refractivity contribution in [1.29, 1.82) is 0 Å². The molecule has 0 aliphatic carbocycles. The van der Waals surface area contributed by atoms with Crippen LogP contribution in [-0.2, 0) is 32.8 Å². The van der Waals surface area contributed by atoms with E-state index in [1.807, 2.05) is 33.8 Å². The van der Waals surface area contributed by atoms with Crippen molar-refractivity contribution in [2.75, 3.05) is 62.8 Å². The van der Waals surface area contributed by atoms with Gasteiger partial charge in [0, 0.05) is 84.0 Å². The van der Waals surface area contributed by atoms with Gasteiger partial charge in [-0.05, 0) is 95.4 Å². The minimum Gasteiger partial charge on any atom is -0.481 e. The van der Waals surface area contributed by atoms with Crippen molar-refractivity contribution in [2.45, 2.75) is 128 Å². The van der Waals surface area contributed by atoms with Gasteiger partial charge in [-0.3, -0.25) is 0 Å². The molecule has 24 heteroatoms. The Hall–Kier alpha value is -5.35. The fraction of sp³-hybridized carbons (Fsp3) is 0.500. The van der Waals surface area contributed by atoms with Gasteiger partial charge in [-0.25, -0.2) is 36.5 Å². The zero-order chi connectivity index (χ0) is 55.8. The predicted octanol–water partition coefficient (Wildman–Crippen LogP) is 11.0. The summed E-state index contributed by atoms with van der Waals surface area (Å²) in [6.07, 6.45) is 3.93. The van der Waals surface area contributed by atoms with Crippen LogP contribution in [0.15, 0.2) is 71.2 Å². The number of aromatic nitrogens is 8. The molecule has 6 rings (SSSR count). The first-order chi connectivity index (χ1) is 35.9. The predicted molar refractivity (Wildman–Crippen MR) is 302 cm³/mol. The first-order valence-electron chi connectivity index (χ1n) is 25.3. The molecule has 2 aromatic carbocycles. The van der Waals surface area contributed by atoms with Crippen LogP contribution in [-0.4, -0.2) is 126 Å². The van der Waals surface area contributed by atoms with Crippen LogP contribution in [0.5, 0.6) is 11.8 Å². The van der Waals surface area contributed by atoms with Crippen LogP contribution in [0.1, 0.15) is 63.5 Å². The summed E-state index contributed by atoms with van der Waals surface area (Å²) in [6, 6.07) is 14.9. The van der Waals surface area contributed by atoms with Crippen molar-refractivity contribution in [1.82, 2.24) is 39.5 Å². The summed E-state index contributed by atoms with van der Waals surface area (Å²) in [7, 11) is -3.37. The number of benzene rings is 2. The van der Waals surface area contributed by atoms with Crippen LogP contribution in [0.4, 0.5) is 32.1 Å². The zero-order valence-corrected chi connectivity index (χ0v) is 49.5. The monoisotopic (exact) mass is 1130 g/mol. The number of aliphatic hydroxyl groups is 2. The second kappa shape index (κ2) is 28.3. The highest BCUT2D eigenvalue weighted by atomic mass is 32.2. The largest absolute Gasteiger partial charge is 0.481 e. The van der Waals surface area contributed by atoms with Crippen molar-refractivity contribution in [3.05, 3.63) is 83.7 Å². The molecular formula is C52H76F2N10O8S2Si2. The lowest BCUT2D eigenvalue weighted by molar-refractivity contribution is 0.0791. The van der Waals surface area contributed by atoms with Crippen molar-refractivity contribution in [3.63, 3.8) is 0 Å². The second-order valence-corrected chi connectivity index (χ2v) is 35.3. The van der Waals surface area contributed by atoms with E-state index in [1.165, 1.54) is 41.8 Å². The molecule has 4 heterocycles. The van der Waals surface area contributed by atoms with Gasteiger partial charge in [0.15, 0.2) is 0 Å². The molecule has 0 aliphatic rings. The van der Waals surface area contributed by atoms with Crippen LogP contribution in [0, 0.1) is 11.6 Å². The van der Waals surface area contributed by atoms with E-state index in [1.54, 1.807) is 48.5 Å². The minimum absolute atomic E-state index is 0.0219. The normalized spacial score (nSPS) is 12.0. The molecule has 0 saturated carbocycles. The molecule has 0 saturated heterocycles. The number of sulfone groups is 1. The fourth-order valence-corrected chi connectivity index (χ4v) is 10.8. The van der Waals surface area contributed by atoms with E-state index in [0.29, 0.717) is 76.2 Å². The molecule has 18 nitrogen and oxygen atoms in total. The van der Waals surface area contributed by atoms with Crippen LogP contribution >= 0.6 is 11.8 Å². The van der Waals surface area contributed by atoms with Gasteiger partial charge < -0.3 is 39.8 Å². The molecule has 4 N–H and O–H groups in total. The lowest BCUT2D eigenvalue weighted by atomic mass is 9.94. The number of nitrogens with one attached hydrogen (secondary N) is 2. The van der Waals surface area contributed by atoms with E-state index in [-0.39, 0.29) is 67.6 Å². The van der Waals surface area contributed by atoms with Crippen LogP contribution in [0.3, 0.4) is 0 Å². The van der Waals surface area contributed by atoms with Crippen LogP contribution in [0.25, 0.3) is 22.3 Å². The fourth-order valence-electron chi connectivity index (χ4n) is 7.33. The lowest BCUT2D eigenvalue weighted by Crippen LogP contribution is -2.22. The van der Waals surface area contributed by atoms with Gasteiger partial charge in [-0.15, -0.1) is 10.2 Å². The molecule has 416 valence electrons. The Morgan fingerprint density at radius 3 is 1.57 bits per heavy atom. The summed E-state index contributed by atoms with van der Waals surface area (Å²) in [5.74, 6) is 1.09. The highest BCUT2D eigenvalue weighted by Gasteiger charge is 2.26. The second-order valence-electron chi connectivity index (χ2n) is 21.0. The van der Waals surface area contributed by atoms with E-state index in [9.17, 15) is 17.2 Å². The van der Waals surface area contributed by atoms with Gasteiger partial charge in [-0.2, -0.15) is 9.97 Å². The van der Waals surface area contributed by atoms with E-state index in [0.717, 1.165) is 28.9 Å². The van der Waals surface area contributed by atoms with Crippen molar-refractivity contribution in [2.24, 2.45) is 0 Å². The van der Waals surface area contributed by atoms with Gasteiger partial charge in [0.05, 0.1) is 31.3 Å². The van der Waals surface area contributed by atoms with E-state index < -0.39 is 31.8 Å². The summed E-state index contributed by atoms with van der Waals surface area (Å²) in [5.41, 5.74) is 5.40. The van der Waals surface area contributed by atoms with Gasteiger partial charge in [0.25, 0.3) is 5.16 Å². The number of nitrogens with zero attached hydrogens (tertiary/aromatic N) is 8. The van der Waals surface area contributed by atoms with E-state index in [2.05, 4.69) is 75.1 Å². The molecule has 0 bridgehead atoms. The van der Waals surface area contributed by atoms with Gasteiger partial charge in [0.1, 0.15) is 25.1 Å². The summed E-state index contributed by atoms with van der Waals surface area (Å²) < 4.78 is 80.8. The van der Waals surface area contributed by atoms with Crippen molar-refractivity contribution in [3.8, 4) is 34.0 Å². The topological polar surface area (TPSA) is 223 Å². The summed E-state index contributed by atoms with van der Waals surface area (Å²) in [4.78, 5) is 17.4. The Labute approximate surface area is 452 Å². The third kappa shape index (κ3) is 18.4. The molecule has 0 atom stereocenters. The molecule has 0 fully saturated rings. The smallest absolute Gasteiger partial charge is 0.268 e. The highest BCUT2D eigenvalue weighted by molar-refractivity contribution is 7.99. The Morgan fingerprint density at radius 1 is 0.671 bits per heavy atom. The van der Waals surface area contributed by atoms with Crippen LogP contribution < -0.4 is 20.1 Å². The number of anilines is 4. The molecule has 6 aromatic rings. The molecule has 0 spiro atoms. The average molecular weight is 1130 g/mol. The molecular weight excluding hydrogens is 1050 g/mol. The number of pyridine rings is 2. The first-order valence-corrected chi connectivity index (χ1v) is 35.3. The maximum absolute atomic E-state index is 14.8. The summed E-state index contributed by atoms with van der Waals surface area (Å²) >= 11 is 1.48. The van der Waals surface area contributed by atoms with E-state index in [4.69, 9.17) is 34.1 Å². The SMILES string of the molecule is COc1cc(-c2cc(F)cc(C(C)C)c2Nc2nc(S(=O)(=O)CCCO)nn2COCC[Si](C)(C)C)ccn1.COc1cc(-c2cc(F)cc(C(C)C)c2Nc2nc(SCCCO)nn2COCC[Si](C)(C)C)ccn1. The molecule has 0 amide bonds. The average Bonchev–Trinajstić information content (AvgIpc) is 3.97. The third-order valence-corrected chi connectivity index (χ3v) is 17.5. The minimum atomic E-state index is -3.85. The first kappa shape index (κ1) is 61.5. The summed E-state index contributed by atoms with van der Waals surface area (Å²) in [5, 5.41) is 34.1. The molecule has 0 unspecified atom stereocenters. The van der Waals surface area contributed by atoms with Gasteiger partial charge >= 0.3 is 0 Å². The molecule has 4 aromatic heterocycles. The molecule has 0 radical (unpaired) electrons. The number of thioether (sulfide) groups is 1. The number of hydrogen-bond acceptors (Lipinski definition) is 17. The standard InChI is InChI=1S/C26H38FN5O5SSi.C26H38FN5O3SSi/c1-18(2)21-15-20(27)16-22(19-8-9-28-23(14-19)36-3)24(21)29-25-30-26(38(34,35)12-7-10-33)31-32(25)17-37-11-13-39(4,5)6;1-18(2)21-15-20(27)16-22(19-8-9-28-23(14-19)34-3)24(21)29-25-30-26(36-12-7-10-33)31-32(25)17-35-11-13-37(4,5)6/h8-9,14-16,18,33H,7,10-13,17H2,1-6H3,(H,29,30,31);8-9,14-16,18,33H,7,10-13,17H2,1-6H3,(H,29,30,31). The van der Waals surface area contributed by atoms with Crippen LogP contribution in [0.2, 0.25) is 51.4 Å². The Morgan fingerprint density at radius 2 is 1.13 bits per heavy atom. The number of aliphatic hydroxyl groups excluding tert-OH is 2. The van der Waals surface area contributed by atoms with E-state index >= 15 is 0 Å². The number of methoxy groups -OCH3 is 2. The highest BCUT2D eigenvalue weighted by Crippen LogP contribution is 2.40. The van der Waals surface area contributed by atoms with Gasteiger partial charge in [0.2, 0.25) is 38.7 Å². The number of ether oxygens (including phenoxy) is 4. The summed E-state index contributed by atoms with van der Waals surface area (Å²) in [6.45, 7) is 22.8.